The van der Waals surface area contributed by atoms with E-state index in [1.165, 1.54) is 11.9 Å². The standard InChI is InChI=1S/C20H23N5O/c1-25(2)13-18(11-15-7-4-3-5-8-15)23-20(26)17-10-6-9-16(12-17)19-21-14-22-24-19/h3-10,12,14,18H,11,13H2,1-2H3,(H,23,26)(H,21,22,24). The zero-order valence-corrected chi connectivity index (χ0v) is 15.0. The molecule has 0 aliphatic rings. The molecule has 1 atom stereocenters. The molecule has 0 bridgehead atoms. The summed E-state index contributed by atoms with van der Waals surface area (Å²) in [5, 5.41) is 9.84. The highest BCUT2D eigenvalue weighted by Crippen LogP contribution is 2.15. The molecule has 0 radical (unpaired) electrons. The molecule has 0 aliphatic heterocycles. The first-order valence-electron chi connectivity index (χ1n) is 8.57. The third-order valence-electron chi connectivity index (χ3n) is 4.06. The Morgan fingerprint density at radius 2 is 1.96 bits per heavy atom. The molecule has 1 aromatic heterocycles. The highest BCUT2D eigenvalue weighted by molar-refractivity contribution is 5.95. The monoisotopic (exact) mass is 349 g/mol. The summed E-state index contributed by atoms with van der Waals surface area (Å²) in [7, 11) is 4.02. The summed E-state index contributed by atoms with van der Waals surface area (Å²) in [6.45, 7) is 0.766. The van der Waals surface area contributed by atoms with Gasteiger partial charge in [0.05, 0.1) is 0 Å². The van der Waals surface area contributed by atoms with E-state index in [2.05, 4.69) is 37.5 Å². The van der Waals surface area contributed by atoms with Gasteiger partial charge < -0.3 is 10.2 Å². The molecule has 0 aliphatic carbocycles. The summed E-state index contributed by atoms with van der Waals surface area (Å²) in [5.74, 6) is 0.558. The number of aromatic amines is 1. The fourth-order valence-corrected chi connectivity index (χ4v) is 2.92. The highest BCUT2D eigenvalue weighted by atomic mass is 16.1. The van der Waals surface area contributed by atoms with Crippen LogP contribution in [0.15, 0.2) is 60.9 Å². The number of likely N-dealkylation sites (N-methyl/N-ethyl adjacent to an activating group) is 1. The minimum atomic E-state index is -0.0888. The van der Waals surface area contributed by atoms with Crippen molar-refractivity contribution in [2.75, 3.05) is 20.6 Å². The topological polar surface area (TPSA) is 73.9 Å². The SMILES string of the molecule is CN(C)CC(Cc1ccccc1)NC(=O)c1cccc(-c2ncn[nH]2)c1. The molecule has 0 spiro atoms. The number of rotatable bonds is 7. The Hall–Kier alpha value is -2.99. The number of nitrogens with one attached hydrogen (secondary N) is 2. The predicted molar refractivity (Wildman–Crippen MR) is 102 cm³/mol. The van der Waals surface area contributed by atoms with Crippen molar-refractivity contribution in [1.29, 1.82) is 0 Å². The average Bonchev–Trinajstić information content (AvgIpc) is 3.17. The van der Waals surface area contributed by atoms with Crippen LogP contribution in [-0.2, 0) is 6.42 Å². The molecule has 0 fully saturated rings. The zero-order valence-electron chi connectivity index (χ0n) is 15.0. The summed E-state index contributed by atoms with van der Waals surface area (Å²) in [6, 6.07) is 17.6. The summed E-state index contributed by atoms with van der Waals surface area (Å²) < 4.78 is 0. The molecular weight excluding hydrogens is 326 g/mol. The van der Waals surface area contributed by atoms with Crippen LogP contribution in [0.25, 0.3) is 11.4 Å². The number of benzene rings is 2. The van der Waals surface area contributed by atoms with Crippen molar-refractivity contribution in [3.63, 3.8) is 0 Å². The second-order valence-corrected chi connectivity index (χ2v) is 6.54. The molecule has 0 saturated heterocycles. The number of aromatic nitrogens is 3. The lowest BCUT2D eigenvalue weighted by atomic mass is 10.0. The summed E-state index contributed by atoms with van der Waals surface area (Å²) in [5.41, 5.74) is 2.65. The van der Waals surface area contributed by atoms with Gasteiger partial charge in [0.15, 0.2) is 5.82 Å². The van der Waals surface area contributed by atoms with Crippen molar-refractivity contribution >= 4 is 5.91 Å². The Balaban J connectivity index is 1.74. The molecular formula is C20H23N5O. The smallest absolute Gasteiger partial charge is 0.251 e. The van der Waals surface area contributed by atoms with E-state index < -0.39 is 0 Å². The van der Waals surface area contributed by atoms with Gasteiger partial charge in [0.25, 0.3) is 5.91 Å². The number of H-pyrrole nitrogens is 1. The highest BCUT2D eigenvalue weighted by Gasteiger charge is 2.16. The summed E-state index contributed by atoms with van der Waals surface area (Å²) in [4.78, 5) is 19.0. The lowest BCUT2D eigenvalue weighted by molar-refractivity contribution is 0.0930. The molecule has 2 aromatic carbocycles. The molecule has 0 saturated carbocycles. The minimum Gasteiger partial charge on any atom is -0.348 e. The van der Waals surface area contributed by atoms with Crippen molar-refractivity contribution in [1.82, 2.24) is 25.4 Å². The van der Waals surface area contributed by atoms with Crippen LogP contribution in [0, 0.1) is 0 Å². The van der Waals surface area contributed by atoms with Crippen LogP contribution in [0.5, 0.6) is 0 Å². The number of carbonyl (C=O) groups excluding carboxylic acids is 1. The number of hydrogen-bond donors (Lipinski definition) is 2. The van der Waals surface area contributed by atoms with E-state index in [0.29, 0.717) is 11.4 Å². The largest absolute Gasteiger partial charge is 0.348 e. The van der Waals surface area contributed by atoms with Gasteiger partial charge in [0.1, 0.15) is 6.33 Å². The maximum absolute atomic E-state index is 12.8. The van der Waals surface area contributed by atoms with Crippen molar-refractivity contribution in [3.05, 3.63) is 72.1 Å². The Kier molecular flexibility index (Phi) is 5.76. The van der Waals surface area contributed by atoms with E-state index in [-0.39, 0.29) is 11.9 Å². The lowest BCUT2D eigenvalue weighted by Gasteiger charge is -2.22. The fourth-order valence-electron chi connectivity index (χ4n) is 2.92. The molecule has 3 rings (SSSR count). The summed E-state index contributed by atoms with van der Waals surface area (Å²) >= 11 is 0. The van der Waals surface area contributed by atoms with Crippen LogP contribution in [0.2, 0.25) is 0 Å². The Bertz CT molecular complexity index is 830. The van der Waals surface area contributed by atoms with Gasteiger partial charge in [-0.25, -0.2) is 4.98 Å². The van der Waals surface area contributed by atoms with Crippen LogP contribution >= 0.6 is 0 Å². The molecule has 134 valence electrons. The average molecular weight is 349 g/mol. The molecule has 1 heterocycles. The van der Waals surface area contributed by atoms with Gasteiger partial charge in [-0.15, -0.1) is 0 Å². The number of hydrogen-bond acceptors (Lipinski definition) is 4. The van der Waals surface area contributed by atoms with Gasteiger partial charge in [-0.3, -0.25) is 9.89 Å². The molecule has 2 N–H and O–H groups in total. The number of nitrogens with zero attached hydrogens (tertiary/aromatic N) is 3. The van der Waals surface area contributed by atoms with Gasteiger partial charge >= 0.3 is 0 Å². The van der Waals surface area contributed by atoms with Gasteiger partial charge in [0.2, 0.25) is 0 Å². The first-order chi connectivity index (χ1) is 12.6. The molecule has 26 heavy (non-hydrogen) atoms. The quantitative estimate of drug-likeness (QED) is 0.687. The minimum absolute atomic E-state index is 0.0221. The summed E-state index contributed by atoms with van der Waals surface area (Å²) in [6.07, 6.45) is 2.24. The van der Waals surface area contributed by atoms with E-state index in [4.69, 9.17) is 0 Å². The normalized spacial score (nSPS) is 12.1. The van der Waals surface area contributed by atoms with Crippen molar-refractivity contribution < 1.29 is 4.79 Å². The number of carbonyl (C=O) groups is 1. The van der Waals surface area contributed by atoms with E-state index in [1.807, 2.05) is 56.6 Å². The molecule has 6 heteroatoms. The van der Waals surface area contributed by atoms with Crippen LogP contribution in [0.3, 0.4) is 0 Å². The van der Waals surface area contributed by atoms with Gasteiger partial charge in [-0.2, -0.15) is 5.10 Å². The Labute approximate surface area is 153 Å². The maximum Gasteiger partial charge on any atom is 0.251 e. The second kappa shape index (κ2) is 8.40. The van der Waals surface area contributed by atoms with E-state index >= 15 is 0 Å². The van der Waals surface area contributed by atoms with Gasteiger partial charge in [-0.05, 0) is 38.2 Å². The lowest BCUT2D eigenvalue weighted by Crippen LogP contribution is -2.43. The van der Waals surface area contributed by atoms with Crippen molar-refractivity contribution in [2.24, 2.45) is 0 Å². The van der Waals surface area contributed by atoms with E-state index in [0.717, 1.165) is 18.5 Å². The zero-order chi connectivity index (χ0) is 18.4. The Morgan fingerprint density at radius 3 is 2.65 bits per heavy atom. The first-order valence-corrected chi connectivity index (χ1v) is 8.57. The van der Waals surface area contributed by atoms with Gasteiger partial charge in [0, 0.05) is 23.7 Å². The van der Waals surface area contributed by atoms with Gasteiger partial charge in [-0.1, -0.05) is 42.5 Å². The van der Waals surface area contributed by atoms with Crippen LogP contribution in [0.1, 0.15) is 15.9 Å². The molecule has 3 aromatic rings. The first kappa shape index (κ1) is 17.8. The van der Waals surface area contributed by atoms with Crippen LogP contribution in [-0.4, -0.2) is 52.7 Å². The maximum atomic E-state index is 12.8. The molecule has 1 amide bonds. The van der Waals surface area contributed by atoms with Crippen molar-refractivity contribution in [2.45, 2.75) is 12.5 Å². The fraction of sp³-hybridized carbons (Fsp3) is 0.250. The van der Waals surface area contributed by atoms with Crippen molar-refractivity contribution in [3.8, 4) is 11.4 Å². The van der Waals surface area contributed by atoms with E-state index in [1.54, 1.807) is 0 Å². The van der Waals surface area contributed by atoms with E-state index in [9.17, 15) is 4.79 Å². The third kappa shape index (κ3) is 4.77. The third-order valence-corrected chi connectivity index (χ3v) is 4.06. The second-order valence-electron chi connectivity index (χ2n) is 6.54. The Morgan fingerprint density at radius 1 is 1.15 bits per heavy atom. The van der Waals surface area contributed by atoms with Crippen LogP contribution in [0.4, 0.5) is 0 Å². The predicted octanol–water partition coefficient (Wildman–Crippen LogP) is 2.37. The van der Waals surface area contributed by atoms with Crippen LogP contribution < -0.4 is 5.32 Å². The number of amides is 1. The molecule has 6 nitrogen and oxygen atoms in total. The molecule has 1 unspecified atom stereocenters.